The molecule has 14 heavy (non-hydrogen) atoms. The van der Waals surface area contributed by atoms with E-state index in [1.54, 1.807) is 0 Å². The van der Waals surface area contributed by atoms with Crippen molar-refractivity contribution in [2.75, 3.05) is 13.2 Å². The number of nitrogens with one attached hydrogen (secondary N) is 2. The van der Waals surface area contributed by atoms with Gasteiger partial charge in [-0.3, -0.25) is 0 Å². The zero-order chi connectivity index (χ0) is 10.1. The van der Waals surface area contributed by atoms with Crippen LogP contribution in [0.15, 0.2) is 11.8 Å². The smallest absolute Gasteiger partial charge is 0.0650 e. The molecule has 0 aromatic rings. The molecule has 0 saturated heterocycles. The molecule has 0 unspecified atom stereocenters. The molecule has 0 aromatic carbocycles. The topological polar surface area (TPSA) is 24.1 Å². The highest BCUT2D eigenvalue weighted by atomic mass is 15.1. The van der Waals surface area contributed by atoms with Gasteiger partial charge in [0, 0.05) is 5.70 Å². The van der Waals surface area contributed by atoms with E-state index < -0.39 is 0 Å². The van der Waals surface area contributed by atoms with Crippen molar-refractivity contribution < 1.29 is 0 Å². The quantitative estimate of drug-likeness (QED) is 0.483. The first-order valence-corrected chi connectivity index (χ1v) is 6.07. The van der Waals surface area contributed by atoms with E-state index in [1.165, 1.54) is 50.6 Å². The molecule has 0 fully saturated rings. The number of allylic oxidation sites excluding steroid dienone is 2. The summed E-state index contributed by atoms with van der Waals surface area (Å²) in [4.78, 5) is 0. The molecular formula is C12H24N2. The Labute approximate surface area is 88.2 Å². The fraction of sp³-hybridized carbons (Fsp3) is 0.833. The Morgan fingerprint density at radius 3 is 2.93 bits per heavy atom. The van der Waals surface area contributed by atoms with Crippen LogP contribution in [0.1, 0.15) is 51.9 Å². The first-order chi connectivity index (χ1) is 6.93. The average Bonchev–Trinajstić information content (AvgIpc) is 2.25. The minimum Gasteiger partial charge on any atom is -0.376 e. The Morgan fingerprint density at radius 1 is 1.29 bits per heavy atom. The van der Waals surface area contributed by atoms with E-state index in [0.29, 0.717) is 0 Å². The zero-order valence-corrected chi connectivity index (χ0v) is 9.44. The van der Waals surface area contributed by atoms with Gasteiger partial charge in [0.15, 0.2) is 0 Å². The fourth-order valence-electron chi connectivity index (χ4n) is 1.76. The summed E-state index contributed by atoms with van der Waals surface area (Å²) in [5.41, 5.74) is 1.44. The minimum absolute atomic E-state index is 0.940. The molecule has 1 aliphatic rings. The first-order valence-electron chi connectivity index (χ1n) is 6.07. The molecule has 2 N–H and O–H groups in total. The van der Waals surface area contributed by atoms with Gasteiger partial charge >= 0.3 is 0 Å². The Morgan fingerprint density at radius 2 is 2.21 bits per heavy atom. The highest BCUT2D eigenvalue weighted by Crippen LogP contribution is 2.14. The van der Waals surface area contributed by atoms with Crippen molar-refractivity contribution in [2.24, 2.45) is 0 Å². The lowest BCUT2D eigenvalue weighted by Crippen LogP contribution is -2.29. The second kappa shape index (κ2) is 7.86. The van der Waals surface area contributed by atoms with Gasteiger partial charge in [0.1, 0.15) is 0 Å². The maximum absolute atomic E-state index is 3.45. The normalized spacial score (nSPS) is 16.5. The number of hydrogen-bond donors (Lipinski definition) is 2. The van der Waals surface area contributed by atoms with Crippen LogP contribution in [-0.4, -0.2) is 13.2 Å². The largest absolute Gasteiger partial charge is 0.376 e. The lowest BCUT2D eigenvalue weighted by atomic mass is 10.1. The van der Waals surface area contributed by atoms with Crippen molar-refractivity contribution in [1.82, 2.24) is 10.6 Å². The summed E-state index contributed by atoms with van der Waals surface area (Å²) in [5.74, 6) is 0. The lowest BCUT2D eigenvalue weighted by molar-refractivity contribution is 0.564. The standard InChI is InChI=1S/C12H24N2/c1-2-3-7-10-13-11-14-12-8-5-4-6-9-12/h8,13-14H,2-7,9-11H2,1H3. The molecular weight excluding hydrogens is 172 g/mol. The minimum atomic E-state index is 0.940. The Balaban J connectivity index is 1.90. The molecule has 0 amide bonds. The van der Waals surface area contributed by atoms with Crippen LogP contribution in [0.25, 0.3) is 0 Å². The molecule has 0 atom stereocenters. The molecule has 0 heterocycles. The molecule has 0 aromatic heterocycles. The van der Waals surface area contributed by atoms with E-state index in [0.717, 1.165) is 13.2 Å². The monoisotopic (exact) mass is 196 g/mol. The molecule has 0 aliphatic heterocycles. The van der Waals surface area contributed by atoms with Crippen molar-refractivity contribution in [3.8, 4) is 0 Å². The fourth-order valence-corrected chi connectivity index (χ4v) is 1.76. The summed E-state index contributed by atoms with van der Waals surface area (Å²) in [6, 6.07) is 0. The van der Waals surface area contributed by atoms with E-state index in [1.807, 2.05) is 0 Å². The Hall–Kier alpha value is -0.500. The molecule has 1 aliphatic carbocycles. The summed E-state index contributed by atoms with van der Waals surface area (Å²) in [7, 11) is 0. The van der Waals surface area contributed by atoms with Crippen LogP contribution < -0.4 is 10.6 Å². The van der Waals surface area contributed by atoms with Crippen LogP contribution in [-0.2, 0) is 0 Å². The van der Waals surface area contributed by atoms with Crippen LogP contribution in [0.2, 0.25) is 0 Å². The SMILES string of the molecule is CCCCCNCNC1=CCCCC1. The van der Waals surface area contributed by atoms with Gasteiger partial charge in [-0.2, -0.15) is 0 Å². The van der Waals surface area contributed by atoms with E-state index >= 15 is 0 Å². The van der Waals surface area contributed by atoms with Gasteiger partial charge in [0.05, 0.1) is 6.67 Å². The average molecular weight is 196 g/mol. The summed E-state index contributed by atoms with van der Waals surface area (Å²) < 4.78 is 0. The van der Waals surface area contributed by atoms with Crippen molar-refractivity contribution >= 4 is 0 Å². The highest BCUT2D eigenvalue weighted by Gasteiger charge is 2.01. The molecule has 0 radical (unpaired) electrons. The predicted octanol–water partition coefficient (Wildman–Crippen LogP) is 2.77. The van der Waals surface area contributed by atoms with Crippen LogP contribution in [0, 0.1) is 0 Å². The summed E-state index contributed by atoms with van der Waals surface area (Å²) in [5, 5.41) is 6.86. The molecule has 0 saturated carbocycles. The van der Waals surface area contributed by atoms with Crippen molar-refractivity contribution in [2.45, 2.75) is 51.9 Å². The summed E-state index contributed by atoms with van der Waals surface area (Å²) >= 11 is 0. The lowest BCUT2D eigenvalue weighted by Gasteiger charge is -2.15. The molecule has 2 nitrogen and oxygen atoms in total. The molecule has 1 rings (SSSR count). The third-order valence-electron chi connectivity index (χ3n) is 2.69. The maximum Gasteiger partial charge on any atom is 0.0650 e. The second-order valence-electron chi connectivity index (χ2n) is 4.04. The van der Waals surface area contributed by atoms with Crippen molar-refractivity contribution in [3.63, 3.8) is 0 Å². The van der Waals surface area contributed by atoms with E-state index in [-0.39, 0.29) is 0 Å². The van der Waals surface area contributed by atoms with Crippen molar-refractivity contribution in [1.29, 1.82) is 0 Å². The van der Waals surface area contributed by atoms with Crippen molar-refractivity contribution in [3.05, 3.63) is 11.8 Å². The highest BCUT2D eigenvalue weighted by molar-refractivity contribution is 5.02. The Bertz CT molecular complexity index is 164. The summed E-state index contributed by atoms with van der Waals surface area (Å²) in [6.07, 6.45) is 11.5. The van der Waals surface area contributed by atoms with Crippen LogP contribution in [0.4, 0.5) is 0 Å². The third kappa shape index (κ3) is 5.28. The third-order valence-corrected chi connectivity index (χ3v) is 2.69. The maximum atomic E-state index is 3.45. The van der Waals surface area contributed by atoms with E-state index in [9.17, 15) is 0 Å². The predicted molar refractivity (Wildman–Crippen MR) is 62.1 cm³/mol. The Kier molecular flexibility index (Phi) is 6.50. The number of rotatable bonds is 7. The van der Waals surface area contributed by atoms with E-state index in [2.05, 4.69) is 23.6 Å². The van der Waals surface area contributed by atoms with Crippen LogP contribution in [0.3, 0.4) is 0 Å². The number of hydrogen-bond acceptors (Lipinski definition) is 2. The molecule has 0 spiro atoms. The molecule has 0 bridgehead atoms. The van der Waals surface area contributed by atoms with Gasteiger partial charge in [0.2, 0.25) is 0 Å². The van der Waals surface area contributed by atoms with Gasteiger partial charge in [-0.1, -0.05) is 25.8 Å². The van der Waals surface area contributed by atoms with Crippen LogP contribution in [0.5, 0.6) is 0 Å². The van der Waals surface area contributed by atoms with Gasteiger partial charge in [0.25, 0.3) is 0 Å². The first kappa shape index (κ1) is 11.6. The van der Waals surface area contributed by atoms with Gasteiger partial charge in [-0.05, 0) is 38.6 Å². The summed E-state index contributed by atoms with van der Waals surface area (Å²) in [6.45, 7) is 4.33. The molecule has 2 heteroatoms. The van der Waals surface area contributed by atoms with E-state index in [4.69, 9.17) is 0 Å². The van der Waals surface area contributed by atoms with Gasteiger partial charge < -0.3 is 10.6 Å². The zero-order valence-electron chi connectivity index (χ0n) is 9.44. The van der Waals surface area contributed by atoms with Crippen LogP contribution >= 0.6 is 0 Å². The van der Waals surface area contributed by atoms with Gasteiger partial charge in [-0.25, -0.2) is 0 Å². The number of unbranched alkanes of at least 4 members (excludes halogenated alkanes) is 2. The second-order valence-corrected chi connectivity index (χ2v) is 4.04. The molecule has 82 valence electrons. The van der Waals surface area contributed by atoms with Gasteiger partial charge in [-0.15, -0.1) is 0 Å².